The summed E-state index contributed by atoms with van der Waals surface area (Å²) in [6, 6.07) is 6.67. The highest BCUT2D eigenvalue weighted by Crippen LogP contribution is 2.37. The molecule has 0 spiro atoms. The number of carboxylic acids is 1. The first-order valence-electron chi connectivity index (χ1n) is 5.80. The van der Waals surface area contributed by atoms with E-state index in [1.54, 1.807) is 18.2 Å². The van der Waals surface area contributed by atoms with E-state index in [1.165, 1.54) is 6.07 Å². The lowest BCUT2D eigenvalue weighted by Crippen LogP contribution is -2.50. The molecule has 0 radical (unpaired) electrons. The summed E-state index contributed by atoms with van der Waals surface area (Å²) in [4.78, 5) is 11.0. The Morgan fingerprint density at radius 2 is 1.94 bits per heavy atom. The topological polar surface area (TPSA) is 63.3 Å². The van der Waals surface area contributed by atoms with Crippen LogP contribution in [0.1, 0.15) is 37.2 Å². The fourth-order valence-electron chi connectivity index (χ4n) is 2.46. The number of halogens is 1. The summed E-state index contributed by atoms with van der Waals surface area (Å²) in [6.45, 7) is 0. The Morgan fingerprint density at radius 3 is 2.47 bits per heavy atom. The first-order chi connectivity index (χ1) is 8.03. The maximum atomic E-state index is 13.6. The number of benzene rings is 1. The molecule has 0 amide bonds. The molecule has 3 nitrogen and oxygen atoms in total. The van der Waals surface area contributed by atoms with Crippen molar-refractivity contribution in [2.75, 3.05) is 0 Å². The molecule has 92 valence electrons. The SMILES string of the molecule is NC1(C(=O)O)CCC(c2ccccc2F)CC1. The second-order valence-corrected chi connectivity index (χ2v) is 4.76. The van der Waals surface area contributed by atoms with Gasteiger partial charge in [0, 0.05) is 0 Å². The number of hydrogen-bond acceptors (Lipinski definition) is 2. The minimum Gasteiger partial charge on any atom is -0.480 e. The van der Waals surface area contributed by atoms with Crippen LogP contribution in [0.5, 0.6) is 0 Å². The highest BCUT2D eigenvalue weighted by Gasteiger charge is 2.38. The average molecular weight is 237 g/mol. The Balaban J connectivity index is 2.10. The van der Waals surface area contributed by atoms with E-state index in [1.807, 2.05) is 0 Å². The monoisotopic (exact) mass is 237 g/mol. The molecule has 1 aromatic carbocycles. The van der Waals surface area contributed by atoms with E-state index >= 15 is 0 Å². The van der Waals surface area contributed by atoms with Crippen molar-refractivity contribution in [3.8, 4) is 0 Å². The van der Waals surface area contributed by atoms with Gasteiger partial charge in [0.25, 0.3) is 0 Å². The van der Waals surface area contributed by atoms with Gasteiger partial charge in [-0.1, -0.05) is 18.2 Å². The summed E-state index contributed by atoms with van der Waals surface area (Å²) in [5.41, 5.74) is 5.34. The van der Waals surface area contributed by atoms with Gasteiger partial charge in [-0.3, -0.25) is 4.79 Å². The second-order valence-electron chi connectivity index (χ2n) is 4.76. The van der Waals surface area contributed by atoms with E-state index in [2.05, 4.69) is 0 Å². The van der Waals surface area contributed by atoms with Crippen molar-refractivity contribution in [1.82, 2.24) is 0 Å². The van der Waals surface area contributed by atoms with Crippen molar-refractivity contribution in [1.29, 1.82) is 0 Å². The van der Waals surface area contributed by atoms with Gasteiger partial charge in [0.05, 0.1) is 0 Å². The lowest BCUT2D eigenvalue weighted by atomic mass is 9.74. The third-order valence-electron chi connectivity index (χ3n) is 3.65. The van der Waals surface area contributed by atoms with E-state index in [-0.39, 0.29) is 11.7 Å². The van der Waals surface area contributed by atoms with Gasteiger partial charge in [-0.25, -0.2) is 4.39 Å². The van der Waals surface area contributed by atoms with Gasteiger partial charge >= 0.3 is 5.97 Å². The Hall–Kier alpha value is -1.42. The van der Waals surface area contributed by atoms with E-state index in [4.69, 9.17) is 10.8 Å². The maximum Gasteiger partial charge on any atom is 0.323 e. The van der Waals surface area contributed by atoms with Gasteiger partial charge < -0.3 is 10.8 Å². The zero-order chi connectivity index (χ0) is 12.5. The van der Waals surface area contributed by atoms with Gasteiger partial charge in [0.15, 0.2) is 0 Å². The summed E-state index contributed by atoms with van der Waals surface area (Å²) in [6.07, 6.45) is 2.07. The second kappa shape index (κ2) is 4.45. The number of aliphatic carboxylic acids is 1. The van der Waals surface area contributed by atoms with E-state index < -0.39 is 11.5 Å². The molecule has 17 heavy (non-hydrogen) atoms. The number of rotatable bonds is 2. The Morgan fingerprint density at radius 1 is 1.35 bits per heavy atom. The molecular weight excluding hydrogens is 221 g/mol. The number of hydrogen-bond donors (Lipinski definition) is 2. The zero-order valence-corrected chi connectivity index (χ0v) is 9.53. The molecule has 0 atom stereocenters. The molecule has 0 aliphatic heterocycles. The quantitative estimate of drug-likeness (QED) is 0.829. The molecule has 0 bridgehead atoms. The van der Waals surface area contributed by atoms with Crippen LogP contribution in [-0.2, 0) is 4.79 Å². The third kappa shape index (κ3) is 2.31. The molecule has 0 saturated heterocycles. The number of carboxylic acid groups (broad SMARTS) is 1. The lowest BCUT2D eigenvalue weighted by molar-refractivity contribution is -0.144. The van der Waals surface area contributed by atoms with Crippen molar-refractivity contribution >= 4 is 5.97 Å². The molecule has 0 aromatic heterocycles. The minimum atomic E-state index is -1.12. The average Bonchev–Trinajstić information content (AvgIpc) is 2.31. The lowest BCUT2D eigenvalue weighted by Gasteiger charge is -2.33. The van der Waals surface area contributed by atoms with E-state index in [0.29, 0.717) is 31.2 Å². The normalized spacial score (nSPS) is 28.9. The summed E-state index contributed by atoms with van der Waals surface area (Å²) in [7, 11) is 0. The highest BCUT2D eigenvalue weighted by atomic mass is 19.1. The highest BCUT2D eigenvalue weighted by molar-refractivity contribution is 5.78. The van der Waals surface area contributed by atoms with Crippen molar-refractivity contribution in [2.24, 2.45) is 5.73 Å². The summed E-state index contributed by atoms with van der Waals surface area (Å²) in [5.74, 6) is -1.07. The van der Waals surface area contributed by atoms with Crippen molar-refractivity contribution in [2.45, 2.75) is 37.1 Å². The molecule has 4 heteroatoms. The first kappa shape index (κ1) is 12.0. The molecule has 0 heterocycles. The predicted molar refractivity (Wildman–Crippen MR) is 62.2 cm³/mol. The largest absolute Gasteiger partial charge is 0.480 e. The summed E-state index contributed by atoms with van der Waals surface area (Å²) >= 11 is 0. The molecule has 1 aromatic rings. The van der Waals surface area contributed by atoms with Crippen LogP contribution < -0.4 is 5.73 Å². The maximum absolute atomic E-state index is 13.6. The molecule has 1 aliphatic carbocycles. The molecular formula is C13H16FNO2. The Kier molecular flexibility index (Phi) is 3.15. The molecule has 2 rings (SSSR count). The van der Waals surface area contributed by atoms with E-state index in [9.17, 15) is 9.18 Å². The van der Waals surface area contributed by atoms with Crippen LogP contribution in [-0.4, -0.2) is 16.6 Å². The van der Waals surface area contributed by atoms with Crippen LogP contribution in [0.3, 0.4) is 0 Å². The van der Waals surface area contributed by atoms with Gasteiger partial charge in [0.2, 0.25) is 0 Å². The van der Waals surface area contributed by atoms with Crippen LogP contribution in [0.2, 0.25) is 0 Å². The van der Waals surface area contributed by atoms with Gasteiger partial charge in [-0.05, 0) is 43.2 Å². The minimum absolute atomic E-state index is 0.0900. The van der Waals surface area contributed by atoms with Crippen LogP contribution in [0.25, 0.3) is 0 Å². The summed E-state index contributed by atoms with van der Waals surface area (Å²) in [5, 5.41) is 9.01. The van der Waals surface area contributed by atoms with E-state index in [0.717, 1.165) is 0 Å². The first-order valence-corrected chi connectivity index (χ1v) is 5.80. The standard InChI is InChI=1S/C13H16FNO2/c14-11-4-2-1-3-10(11)9-5-7-13(15,8-6-9)12(16)17/h1-4,9H,5-8,15H2,(H,16,17). The fraction of sp³-hybridized carbons (Fsp3) is 0.462. The predicted octanol–water partition coefficient (Wildman–Crippen LogP) is 2.27. The third-order valence-corrected chi connectivity index (χ3v) is 3.65. The number of carbonyl (C=O) groups is 1. The molecule has 1 fully saturated rings. The van der Waals surface area contributed by atoms with Gasteiger partial charge in [0.1, 0.15) is 11.4 Å². The summed E-state index contributed by atoms with van der Waals surface area (Å²) < 4.78 is 13.6. The van der Waals surface area contributed by atoms with Crippen LogP contribution in [0.15, 0.2) is 24.3 Å². The van der Waals surface area contributed by atoms with Crippen molar-refractivity contribution in [3.63, 3.8) is 0 Å². The molecule has 3 N–H and O–H groups in total. The van der Waals surface area contributed by atoms with Crippen LogP contribution >= 0.6 is 0 Å². The fourth-order valence-corrected chi connectivity index (χ4v) is 2.46. The Labute approximate surface area is 99.4 Å². The molecule has 0 unspecified atom stereocenters. The molecule has 1 saturated carbocycles. The zero-order valence-electron chi connectivity index (χ0n) is 9.53. The van der Waals surface area contributed by atoms with Crippen molar-refractivity contribution in [3.05, 3.63) is 35.6 Å². The van der Waals surface area contributed by atoms with Crippen molar-refractivity contribution < 1.29 is 14.3 Å². The van der Waals surface area contributed by atoms with Gasteiger partial charge in [-0.2, -0.15) is 0 Å². The van der Waals surface area contributed by atoms with Crippen LogP contribution in [0, 0.1) is 5.82 Å². The Bertz CT molecular complexity index is 425. The molecule has 1 aliphatic rings. The number of nitrogens with two attached hydrogens (primary N) is 1. The van der Waals surface area contributed by atoms with Gasteiger partial charge in [-0.15, -0.1) is 0 Å². The van der Waals surface area contributed by atoms with Crippen LogP contribution in [0.4, 0.5) is 4.39 Å². The smallest absolute Gasteiger partial charge is 0.323 e.